The van der Waals surface area contributed by atoms with Crippen LogP contribution in [-0.4, -0.2) is 42.9 Å². The van der Waals surface area contributed by atoms with Crippen LogP contribution in [0.25, 0.3) is 11.2 Å². The zero-order valence-corrected chi connectivity index (χ0v) is 10.9. The molecule has 0 bridgehead atoms. The van der Waals surface area contributed by atoms with Crippen molar-refractivity contribution in [1.29, 1.82) is 0 Å². The predicted molar refractivity (Wildman–Crippen MR) is 69.5 cm³/mol. The summed E-state index contributed by atoms with van der Waals surface area (Å²) >= 11 is 5.96. The zero-order valence-electron chi connectivity index (χ0n) is 10.1. The number of nitrogen functional groups attached to an aromatic ring is 1. The molecular weight excluding hydrogens is 270 g/mol. The molecule has 0 amide bonds. The molecule has 2 aromatic heterocycles. The third kappa shape index (κ3) is 1.94. The van der Waals surface area contributed by atoms with Crippen molar-refractivity contribution < 1.29 is 10.2 Å². The maximum atomic E-state index is 9.51. The van der Waals surface area contributed by atoms with E-state index in [2.05, 4.69) is 15.0 Å². The topological polar surface area (TPSA) is 110 Å². The van der Waals surface area contributed by atoms with Crippen molar-refractivity contribution in [3.8, 4) is 0 Å². The Balaban J connectivity index is 1.98. The van der Waals surface area contributed by atoms with E-state index in [4.69, 9.17) is 17.3 Å². The lowest BCUT2D eigenvalue weighted by molar-refractivity contribution is 0.159. The minimum Gasteiger partial charge on any atom is -0.396 e. The monoisotopic (exact) mass is 283 g/mol. The normalized spacial score (nSPS) is 25.9. The molecule has 0 saturated heterocycles. The molecule has 0 aromatic carbocycles. The van der Waals surface area contributed by atoms with Crippen molar-refractivity contribution in [1.82, 2.24) is 19.5 Å². The molecule has 0 spiro atoms. The highest BCUT2D eigenvalue weighted by Gasteiger charge is 2.53. The summed E-state index contributed by atoms with van der Waals surface area (Å²) in [5.41, 5.74) is 6.32. The Morgan fingerprint density at radius 2 is 2.26 bits per heavy atom. The Kier molecular flexibility index (Phi) is 2.84. The van der Waals surface area contributed by atoms with Crippen LogP contribution in [0, 0.1) is 11.3 Å². The van der Waals surface area contributed by atoms with Crippen LogP contribution in [0.5, 0.6) is 0 Å². The van der Waals surface area contributed by atoms with E-state index in [0.29, 0.717) is 17.7 Å². The number of hydrogen-bond acceptors (Lipinski definition) is 6. The van der Waals surface area contributed by atoms with Gasteiger partial charge in [0, 0.05) is 18.6 Å². The molecule has 1 aliphatic carbocycles. The molecule has 2 aromatic rings. The lowest BCUT2D eigenvalue weighted by atomic mass is 10.1. The van der Waals surface area contributed by atoms with Crippen LogP contribution in [-0.2, 0) is 6.54 Å². The van der Waals surface area contributed by atoms with Crippen LogP contribution in [0.15, 0.2) is 6.33 Å². The summed E-state index contributed by atoms with van der Waals surface area (Å²) in [4.78, 5) is 12.1. The van der Waals surface area contributed by atoms with Gasteiger partial charge < -0.3 is 20.5 Å². The number of imidazole rings is 1. The fourth-order valence-corrected chi connectivity index (χ4v) is 2.73. The highest BCUT2D eigenvalue weighted by atomic mass is 35.5. The van der Waals surface area contributed by atoms with Crippen LogP contribution >= 0.6 is 11.6 Å². The van der Waals surface area contributed by atoms with E-state index in [1.54, 1.807) is 10.9 Å². The van der Waals surface area contributed by atoms with E-state index in [9.17, 15) is 10.2 Å². The van der Waals surface area contributed by atoms with Gasteiger partial charge in [0.1, 0.15) is 5.52 Å². The second kappa shape index (κ2) is 4.29. The second-order valence-corrected chi connectivity index (χ2v) is 5.38. The van der Waals surface area contributed by atoms with E-state index in [1.807, 2.05) is 0 Å². The van der Waals surface area contributed by atoms with Crippen LogP contribution < -0.4 is 5.73 Å². The Morgan fingerprint density at radius 1 is 1.47 bits per heavy atom. The SMILES string of the molecule is Nc1nc(Cl)c2ncn(C[C@@]3(CO)C[C@@H]3CO)c2n1. The first-order valence-electron chi connectivity index (χ1n) is 5.95. The Hall–Kier alpha value is -1.44. The number of rotatable bonds is 4. The van der Waals surface area contributed by atoms with Crippen molar-refractivity contribution in [2.75, 3.05) is 18.9 Å². The first kappa shape index (κ1) is 12.6. The zero-order chi connectivity index (χ0) is 13.6. The van der Waals surface area contributed by atoms with E-state index < -0.39 is 0 Å². The largest absolute Gasteiger partial charge is 0.396 e. The van der Waals surface area contributed by atoms with Gasteiger partial charge in [0.05, 0.1) is 12.9 Å². The first-order chi connectivity index (χ1) is 9.09. The van der Waals surface area contributed by atoms with Crippen LogP contribution in [0.1, 0.15) is 6.42 Å². The van der Waals surface area contributed by atoms with Crippen molar-refractivity contribution in [3.63, 3.8) is 0 Å². The lowest BCUT2D eigenvalue weighted by Gasteiger charge is -2.14. The minimum absolute atomic E-state index is 0.0200. The molecule has 0 radical (unpaired) electrons. The van der Waals surface area contributed by atoms with Gasteiger partial charge in [-0.1, -0.05) is 11.6 Å². The molecule has 1 aliphatic rings. The summed E-state index contributed by atoms with van der Waals surface area (Å²) < 4.78 is 1.80. The predicted octanol–water partition coefficient (Wildman–Crippen LogP) is 0.0528. The van der Waals surface area contributed by atoms with Crippen molar-refractivity contribution >= 4 is 28.7 Å². The molecule has 4 N–H and O–H groups in total. The molecular formula is C11H14ClN5O2. The third-order valence-corrected chi connectivity index (χ3v) is 4.08. The third-order valence-electron chi connectivity index (χ3n) is 3.82. The van der Waals surface area contributed by atoms with Gasteiger partial charge in [0.15, 0.2) is 10.8 Å². The van der Waals surface area contributed by atoms with Crippen molar-refractivity contribution in [3.05, 3.63) is 11.5 Å². The first-order valence-corrected chi connectivity index (χ1v) is 6.33. The van der Waals surface area contributed by atoms with Gasteiger partial charge in [-0.3, -0.25) is 0 Å². The summed E-state index contributed by atoms with van der Waals surface area (Å²) in [5.74, 6) is 0.205. The average Bonchev–Trinajstić information content (AvgIpc) is 2.95. The highest BCUT2D eigenvalue weighted by molar-refractivity contribution is 6.33. The summed E-state index contributed by atoms with van der Waals surface area (Å²) in [5, 5.41) is 18.9. The molecule has 0 unspecified atom stereocenters. The number of fused-ring (bicyclic) bond motifs is 1. The van der Waals surface area contributed by atoms with Gasteiger partial charge >= 0.3 is 0 Å². The molecule has 8 heteroatoms. The maximum absolute atomic E-state index is 9.51. The fourth-order valence-electron chi connectivity index (χ4n) is 2.51. The number of aromatic nitrogens is 4. The molecule has 19 heavy (non-hydrogen) atoms. The quantitative estimate of drug-likeness (QED) is 0.684. The summed E-state index contributed by atoms with van der Waals surface area (Å²) in [7, 11) is 0. The molecule has 2 heterocycles. The molecule has 3 rings (SSSR count). The Morgan fingerprint density at radius 3 is 2.89 bits per heavy atom. The van der Waals surface area contributed by atoms with Gasteiger partial charge in [-0.05, 0) is 12.3 Å². The summed E-state index contributed by atoms with van der Waals surface area (Å²) in [6.45, 7) is 0.620. The van der Waals surface area contributed by atoms with Gasteiger partial charge in [-0.2, -0.15) is 9.97 Å². The van der Waals surface area contributed by atoms with Crippen molar-refractivity contribution in [2.24, 2.45) is 11.3 Å². The molecule has 102 valence electrons. The lowest BCUT2D eigenvalue weighted by Crippen LogP contribution is -2.19. The number of nitrogens with two attached hydrogens (primary N) is 1. The van der Waals surface area contributed by atoms with Crippen molar-refractivity contribution in [2.45, 2.75) is 13.0 Å². The average molecular weight is 284 g/mol. The molecule has 1 saturated carbocycles. The van der Waals surface area contributed by atoms with Gasteiger partial charge in [-0.25, -0.2) is 4.98 Å². The number of hydrogen-bond donors (Lipinski definition) is 3. The number of halogens is 1. The van der Waals surface area contributed by atoms with E-state index in [0.717, 1.165) is 6.42 Å². The number of nitrogens with zero attached hydrogens (tertiary/aromatic N) is 4. The molecule has 2 atom stereocenters. The molecule has 1 fully saturated rings. The van der Waals surface area contributed by atoms with Crippen LogP contribution in [0.3, 0.4) is 0 Å². The fraction of sp³-hybridized carbons (Fsp3) is 0.545. The second-order valence-electron chi connectivity index (χ2n) is 5.02. The molecule has 7 nitrogen and oxygen atoms in total. The standard InChI is InChI=1S/C11H14ClN5O2/c12-8-7-9(16-10(13)15-8)17(5-14-7)3-11(4-19)1-6(11)2-18/h5-6,18-19H,1-4H2,(H2,13,15,16)/t6-,11-/m1/s1. The van der Waals surface area contributed by atoms with Crippen LogP contribution in [0.4, 0.5) is 5.95 Å². The smallest absolute Gasteiger partial charge is 0.223 e. The minimum atomic E-state index is -0.297. The van der Waals surface area contributed by atoms with Gasteiger partial charge in [0.25, 0.3) is 0 Å². The Labute approximate surface area is 114 Å². The van der Waals surface area contributed by atoms with E-state index in [1.165, 1.54) is 0 Å². The molecule has 0 aliphatic heterocycles. The number of aliphatic hydroxyl groups is 2. The summed E-state index contributed by atoms with van der Waals surface area (Å²) in [6.07, 6.45) is 2.39. The van der Waals surface area contributed by atoms with Gasteiger partial charge in [0.2, 0.25) is 5.95 Å². The van der Waals surface area contributed by atoms with Gasteiger partial charge in [-0.15, -0.1) is 0 Å². The Bertz CT molecular complexity index is 631. The van der Waals surface area contributed by atoms with E-state index >= 15 is 0 Å². The number of anilines is 1. The van der Waals surface area contributed by atoms with Crippen LogP contribution in [0.2, 0.25) is 5.15 Å². The summed E-state index contributed by atoms with van der Waals surface area (Å²) in [6, 6.07) is 0. The highest BCUT2D eigenvalue weighted by Crippen LogP contribution is 2.53. The number of aliphatic hydroxyl groups excluding tert-OH is 2. The maximum Gasteiger partial charge on any atom is 0.223 e. The van der Waals surface area contributed by atoms with E-state index in [-0.39, 0.29) is 35.6 Å².